The maximum atomic E-state index is 12.5. The van der Waals surface area contributed by atoms with Crippen molar-refractivity contribution in [1.82, 2.24) is 9.55 Å². The van der Waals surface area contributed by atoms with E-state index in [0.717, 1.165) is 23.8 Å². The van der Waals surface area contributed by atoms with Crippen LogP contribution in [0.15, 0.2) is 52.1 Å². The summed E-state index contributed by atoms with van der Waals surface area (Å²) >= 11 is 0. The van der Waals surface area contributed by atoms with Crippen LogP contribution in [0.25, 0.3) is 10.9 Å². The van der Waals surface area contributed by atoms with E-state index in [-0.39, 0.29) is 11.5 Å². The summed E-state index contributed by atoms with van der Waals surface area (Å²) in [7, 11) is 0. The number of hydrogen-bond acceptors (Lipinski definition) is 3. The highest BCUT2D eigenvalue weighted by Crippen LogP contribution is 2.15. The number of aromatic nitrogens is 2. The summed E-state index contributed by atoms with van der Waals surface area (Å²) in [6, 6.07) is 12.5. The smallest absolute Gasteiger partial charge is 0.322 e. The Kier molecular flexibility index (Phi) is 5.54. The lowest BCUT2D eigenvalue weighted by Gasteiger charge is -2.08. The van der Waals surface area contributed by atoms with E-state index >= 15 is 0 Å². The zero-order valence-corrected chi connectivity index (χ0v) is 15.5. The van der Waals surface area contributed by atoms with Gasteiger partial charge in [-0.1, -0.05) is 25.5 Å². The van der Waals surface area contributed by atoms with Crippen LogP contribution in [-0.4, -0.2) is 15.5 Å². The van der Waals surface area contributed by atoms with Gasteiger partial charge in [0, 0.05) is 17.8 Å². The number of unbranched alkanes of at least 4 members (excludes halogenated alkanes) is 1. The fourth-order valence-electron chi connectivity index (χ4n) is 3.02. The van der Waals surface area contributed by atoms with Gasteiger partial charge in [-0.25, -0.2) is 4.79 Å². The lowest BCUT2D eigenvalue weighted by Crippen LogP contribution is -2.34. The Bertz CT molecular complexity index is 1080. The number of H-pyrrole nitrogens is 1. The number of fused-ring (bicyclic) bond motifs is 1. The van der Waals surface area contributed by atoms with Gasteiger partial charge >= 0.3 is 5.69 Å². The number of hydrogen-bond donors (Lipinski definition) is 2. The molecule has 0 aliphatic carbocycles. The van der Waals surface area contributed by atoms with Crippen LogP contribution in [0.2, 0.25) is 0 Å². The molecular formula is C21H23N3O3. The van der Waals surface area contributed by atoms with Gasteiger partial charge in [-0.2, -0.15) is 0 Å². The number of aromatic amines is 1. The molecule has 0 aliphatic heterocycles. The summed E-state index contributed by atoms with van der Waals surface area (Å²) in [5, 5.41) is 3.23. The van der Waals surface area contributed by atoms with E-state index in [9.17, 15) is 14.4 Å². The number of nitrogens with one attached hydrogen (secondary N) is 2. The molecule has 6 nitrogen and oxygen atoms in total. The maximum Gasteiger partial charge on any atom is 0.328 e. The van der Waals surface area contributed by atoms with Crippen molar-refractivity contribution in [2.45, 2.75) is 39.7 Å². The standard InChI is InChI=1S/C21H23N3O3/c1-3-5-6-14-7-10-16(11-8-14)22-19(25)15-9-12-17-18(13-15)23-21(27)24(4-2)20(17)26/h7-13H,3-6H2,1-2H3,(H,22,25)(H,23,27). The van der Waals surface area contributed by atoms with Crippen LogP contribution >= 0.6 is 0 Å². The summed E-state index contributed by atoms with van der Waals surface area (Å²) in [5.74, 6) is -0.293. The molecule has 0 fully saturated rings. The highest BCUT2D eigenvalue weighted by atomic mass is 16.2. The van der Waals surface area contributed by atoms with Crippen LogP contribution in [-0.2, 0) is 13.0 Å². The minimum atomic E-state index is -0.477. The van der Waals surface area contributed by atoms with Crippen molar-refractivity contribution in [3.63, 3.8) is 0 Å². The first-order chi connectivity index (χ1) is 13.0. The molecule has 27 heavy (non-hydrogen) atoms. The van der Waals surface area contributed by atoms with Crippen LogP contribution in [0.3, 0.4) is 0 Å². The second-order valence-corrected chi connectivity index (χ2v) is 6.49. The van der Waals surface area contributed by atoms with E-state index in [1.54, 1.807) is 19.1 Å². The third-order valence-corrected chi connectivity index (χ3v) is 4.59. The SMILES string of the molecule is CCCCc1ccc(NC(=O)c2ccc3c(=O)n(CC)c(=O)[nH]c3c2)cc1. The van der Waals surface area contributed by atoms with Gasteiger partial charge in [0.2, 0.25) is 0 Å². The topological polar surface area (TPSA) is 84.0 Å². The van der Waals surface area contributed by atoms with E-state index in [1.807, 2.05) is 24.3 Å². The van der Waals surface area contributed by atoms with Crippen molar-refractivity contribution >= 4 is 22.5 Å². The first-order valence-corrected chi connectivity index (χ1v) is 9.20. The molecule has 1 aromatic heterocycles. The molecule has 1 heterocycles. The largest absolute Gasteiger partial charge is 0.328 e. The molecule has 0 unspecified atom stereocenters. The molecule has 3 aromatic rings. The second-order valence-electron chi connectivity index (χ2n) is 6.49. The first-order valence-electron chi connectivity index (χ1n) is 9.20. The van der Waals surface area contributed by atoms with Gasteiger partial charge in [-0.15, -0.1) is 0 Å². The average Bonchev–Trinajstić information content (AvgIpc) is 2.67. The van der Waals surface area contributed by atoms with E-state index in [0.29, 0.717) is 28.7 Å². The van der Waals surface area contributed by atoms with Crippen LogP contribution < -0.4 is 16.6 Å². The molecule has 0 saturated carbocycles. The lowest BCUT2D eigenvalue weighted by atomic mass is 10.1. The fraction of sp³-hybridized carbons (Fsp3) is 0.286. The minimum absolute atomic E-state index is 0.292. The minimum Gasteiger partial charge on any atom is -0.322 e. The molecule has 6 heteroatoms. The quantitative estimate of drug-likeness (QED) is 0.703. The van der Waals surface area contributed by atoms with Crippen molar-refractivity contribution < 1.29 is 4.79 Å². The Morgan fingerprint density at radius 3 is 2.48 bits per heavy atom. The van der Waals surface area contributed by atoms with Crippen molar-refractivity contribution in [3.8, 4) is 0 Å². The van der Waals surface area contributed by atoms with Crippen LogP contribution in [0.4, 0.5) is 5.69 Å². The number of anilines is 1. The molecule has 2 N–H and O–H groups in total. The molecular weight excluding hydrogens is 342 g/mol. The second kappa shape index (κ2) is 8.03. The molecule has 1 amide bonds. The molecule has 140 valence electrons. The lowest BCUT2D eigenvalue weighted by molar-refractivity contribution is 0.102. The molecule has 2 aromatic carbocycles. The molecule has 0 radical (unpaired) electrons. The summed E-state index contributed by atoms with van der Waals surface area (Å²) in [5.41, 5.74) is 1.85. The fourth-order valence-corrected chi connectivity index (χ4v) is 3.02. The average molecular weight is 365 g/mol. The van der Waals surface area contributed by atoms with Gasteiger partial charge in [0.15, 0.2) is 0 Å². The summed E-state index contributed by atoms with van der Waals surface area (Å²) < 4.78 is 1.13. The number of amides is 1. The number of carbonyl (C=O) groups excluding carboxylic acids is 1. The molecule has 3 rings (SSSR count). The Labute approximate surface area is 156 Å². The number of benzene rings is 2. The molecule has 0 aliphatic rings. The Balaban J connectivity index is 1.83. The predicted octanol–water partition coefficient (Wildman–Crippen LogP) is 3.30. The van der Waals surface area contributed by atoms with Crippen molar-refractivity contribution in [2.24, 2.45) is 0 Å². The van der Waals surface area contributed by atoms with E-state index < -0.39 is 5.69 Å². The van der Waals surface area contributed by atoms with E-state index in [1.165, 1.54) is 11.6 Å². The Morgan fingerprint density at radius 2 is 1.81 bits per heavy atom. The predicted molar refractivity (Wildman–Crippen MR) is 108 cm³/mol. The number of aryl methyl sites for hydroxylation is 1. The van der Waals surface area contributed by atoms with Gasteiger partial charge in [-0.3, -0.25) is 14.2 Å². The highest BCUT2D eigenvalue weighted by molar-refractivity contribution is 6.06. The van der Waals surface area contributed by atoms with Crippen molar-refractivity contribution in [2.75, 3.05) is 5.32 Å². The first kappa shape index (κ1) is 18.6. The number of carbonyl (C=O) groups is 1. The van der Waals surface area contributed by atoms with Gasteiger partial charge in [-0.05, 0) is 55.7 Å². The highest BCUT2D eigenvalue weighted by Gasteiger charge is 2.11. The molecule has 0 saturated heterocycles. The third kappa shape index (κ3) is 4.00. The maximum absolute atomic E-state index is 12.5. The molecule has 0 spiro atoms. The number of rotatable bonds is 6. The van der Waals surface area contributed by atoms with Crippen molar-refractivity contribution in [3.05, 3.63) is 74.4 Å². The van der Waals surface area contributed by atoms with Gasteiger partial charge in [0.05, 0.1) is 10.9 Å². The molecule has 0 bridgehead atoms. The third-order valence-electron chi connectivity index (χ3n) is 4.59. The van der Waals surface area contributed by atoms with Gasteiger partial charge in [0.1, 0.15) is 0 Å². The summed E-state index contributed by atoms with van der Waals surface area (Å²) in [6.45, 7) is 4.18. The van der Waals surface area contributed by atoms with E-state index in [2.05, 4.69) is 17.2 Å². The normalized spacial score (nSPS) is 10.9. The summed E-state index contributed by atoms with van der Waals surface area (Å²) in [4.78, 5) is 39.5. The summed E-state index contributed by atoms with van der Waals surface area (Å²) in [6.07, 6.45) is 3.31. The Hall–Kier alpha value is -3.15. The van der Waals surface area contributed by atoms with E-state index in [4.69, 9.17) is 0 Å². The monoisotopic (exact) mass is 365 g/mol. The van der Waals surface area contributed by atoms with Crippen LogP contribution in [0.1, 0.15) is 42.6 Å². The van der Waals surface area contributed by atoms with Crippen LogP contribution in [0.5, 0.6) is 0 Å². The van der Waals surface area contributed by atoms with Crippen LogP contribution in [0, 0.1) is 0 Å². The van der Waals surface area contributed by atoms with Gasteiger partial charge in [0.25, 0.3) is 11.5 Å². The zero-order chi connectivity index (χ0) is 19.4. The molecule has 0 atom stereocenters. The Morgan fingerprint density at radius 1 is 1.07 bits per heavy atom. The number of nitrogens with zero attached hydrogens (tertiary/aromatic N) is 1. The van der Waals surface area contributed by atoms with Crippen molar-refractivity contribution in [1.29, 1.82) is 0 Å². The van der Waals surface area contributed by atoms with Gasteiger partial charge < -0.3 is 10.3 Å². The zero-order valence-electron chi connectivity index (χ0n) is 15.5.